The van der Waals surface area contributed by atoms with E-state index < -0.39 is 52.7 Å². The molecule has 1 saturated heterocycles. The number of thiazole rings is 1. The fourth-order valence-electron chi connectivity index (χ4n) is 6.63. The van der Waals surface area contributed by atoms with Crippen LogP contribution in [0.4, 0.5) is 4.79 Å². The number of amides is 5. The van der Waals surface area contributed by atoms with Crippen molar-refractivity contribution >= 4 is 40.9 Å². The first-order chi connectivity index (χ1) is 20.7. The molecule has 244 valence electrons. The van der Waals surface area contributed by atoms with Gasteiger partial charge >= 0.3 is 6.03 Å². The Morgan fingerprint density at radius 2 is 1.77 bits per heavy atom. The predicted molar refractivity (Wildman–Crippen MR) is 168 cm³/mol. The number of carbonyl (C=O) groups is 5. The molecule has 1 aromatic heterocycles. The Morgan fingerprint density at radius 1 is 1.09 bits per heavy atom. The molecule has 2 saturated carbocycles. The molecule has 2 heterocycles. The third-order valence-electron chi connectivity index (χ3n) is 9.55. The zero-order chi connectivity index (χ0) is 32.2. The largest absolute Gasteiger partial charge is 0.363 e. The lowest BCUT2D eigenvalue weighted by molar-refractivity contribution is -0.143. The molecule has 2 aliphatic carbocycles. The molecule has 0 spiro atoms. The molecule has 4 atom stereocenters. The summed E-state index contributed by atoms with van der Waals surface area (Å²) in [5.41, 5.74) is 4.20. The molecule has 1 aromatic rings. The van der Waals surface area contributed by atoms with E-state index in [9.17, 15) is 24.0 Å². The molecule has 0 bridgehead atoms. The lowest BCUT2D eigenvalue weighted by Gasteiger charge is -2.40. The minimum Gasteiger partial charge on any atom is -0.363 e. The van der Waals surface area contributed by atoms with Crippen LogP contribution in [0.2, 0.25) is 0 Å². The number of primary amides is 1. The van der Waals surface area contributed by atoms with E-state index in [4.69, 9.17) is 5.73 Å². The van der Waals surface area contributed by atoms with Gasteiger partial charge in [0.25, 0.3) is 5.91 Å². The SMILES string of the molecule is CC(C)[C@@H]1C[C@@H](C(=O)NC(CC2CC2)C(=O)C(N)=O)N(C(=O)[C@@H](NC(=O)NC2(Cc3nccs3)CCCCC2)C(C)(C)C)C1. The average molecular weight is 631 g/mol. The van der Waals surface area contributed by atoms with Crippen LogP contribution >= 0.6 is 11.3 Å². The van der Waals surface area contributed by atoms with Crippen LogP contribution in [0.25, 0.3) is 0 Å². The number of Topliss-reactive ketones (excluding diaryl/α,β-unsaturated/α-hetero) is 1. The molecule has 0 aromatic carbocycles. The summed E-state index contributed by atoms with van der Waals surface area (Å²) in [6.07, 6.45) is 9.89. The number of ketones is 1. The standard InChI is InChI=1S/C32H50N6O5S/c1-19(2)21-16-23(28(41)35-22(15-20-9-10-20)25(39)27(33)40)38(18-21)29(42)26(31(3,4)5)36-30(43)37-32(11-7-6-8-12-32)17-24-34-13-14-44-24/h13-14,19-23,26H,6-12,15-18H2,1-5H3,(H2,33,40)(H,35,41)(H2,36,37,43)/t21-,22?,23+,26-/m1/s1. The van der Waals surface area contributed by atoms with E-state index in [0.717, 1.165) is 50.0 Å². The molecule has 5 N–H and O–H groups in total. The van der Waals surface area contributed by atoms with Crippen LogP contribution in [0, 0.1) is 23.2 Å². The van der Waals surface area contributed by atoms with Crippen LogP contribution in [0.1, 0.15) is 97.4 Å². The summed E-state index contributed by atoms with van der Waals surface area (Å²) in [4.78, 5) is 71.9. The van der Waals surface area contributed by atoms with Gasteiger partial charge < -0.3 is 26.6 Å². The van der Waals surface area contributed by atoms with Gasteiger partial charge in [-0.1, -0.05) is 66.7 Å². The summed E-state index contributed by atoms with van der Waals surface area (Å²) in [7, 11) is 0. The van der Waals surface area contributed by atoms with E-state index in [1.54, 1.807) is 22.4 Å². The number of urea groups is 1. The van der Waals surface area contributed by atoms with Crippen molar-refractivity contribution in [3.8, 4) is 0 Å². The number of carbonyl (C=O) groups excluding carboxylic acids is 5. The molecule has 12 heteroatoms. The molecule has 5 amide bonds. The zero-order valence-electron chi connectivity index (χ0n) is 26.8. The monoisotopic (exact) mass is 630 g/mol. The number of likely N-dealkylation sites (tertiary alicyclic amines) is 1. The fourth-order valence-corrected chi connectivity index (χ4v) is 7.39. The quantitative estimate of drug-likeness (QED) is 0.259. The van der Waals surface area contributed by atoms with Crippen molar-refractivity contribution in [1.29, 1.82) is 0 Å². The van der Waals surface area contributed by atoms with E-state index in [2.05, 4.69) is 34.8 Å². The van der Waals surface area contributed by atoms with Crippen LogP contribution in [-0.4, -0.2) is 69.6 Å². The summed E-state index contributed by atoms with van der Waals surface area (Å²) in [6, 6.07) is -3.15. The Hall–Kier alpha value is -3.02. The van der Waals surface area contributed by atoms with Crippen molar-refractivity contribution in [1.82, 2.24) is 25.8 Å². The molecule has 3 fully saturated rings. The lowest BCUT2D eigenvalue weighted by atomic mass is 9.79. The summed E-state index contributed by atoms with van der Waals surface area (Å²) >= 11 is 1.57. The molecule has 11 nitrogen and oxygen atoms in total. The Morgan fingerprint density at radius 3 is 2.32 bits per heavy atom. The number of aromatic nitrogens is 1. The zero-order valence-corrected chi connectivity index (χ0v) is 27.6. The first-order valence-electron chi connectivity index (χ1n) is 16.1. The Kier molecular flexibility index (Phi) is 10.7. The second kappa shape index (κ2) is 14.0. The molecule has 44 heavy (non-hydrogen) atoms. The van der Waals surface area contributed by atoms with Crippen molar-refractivity contribution in [2.75, 3.05) is 6.54 Å². The summed E-state index contributed by atoms with van der Waals surface area (Å²) in [5, 5.41) is 11.9. The fraction of sp³-hybridized carbons (Fsp3) is 0.750. The van der Waals surface area contributed by atoms with Gasteiger partial charge in [-0.15, -0.1) is 11.3 Å². The highest BCUT2D eigenvalue weighted by Crippen LogP contribution is 2.36. The molecule has 4 rings (SSSR count). The first-order valence-corrected chi connectivity index (χ1v) is 17.0. The summed E-state index contributed by atoms with van der Waals surface area (Å²) in [6.45, 7) is 10.1. The molecule has 1 aliphatic heterocycles. The van der Waals surface area contributed by atoms with Gasteiger partial charge in [-0.2, -0.15) is 0 Å². The molecule has 1 unspecified atom stereocenters. The maximum Gasteiger partial charge on any atom is 0.315 e. The van der Waals surface area contributed by atoms with Crippen LogP contribution in [0.15, 0.2) is 11.6 Å². The van der Waals surface area contributed by atoms with Gasteiger partial charge in [0, 0.05) is 30.1 Å². The Bertz CT molecular complexity index is 1200. The average Bonchev–Trinajstić information content (AvgIpc) is 3.40. The highest BCUT2D eigenvalue weighted by Gasteiger charge is 2.47. The van der Waals surface area contributed by atoms with Gasteiger partial charge in [-0.3, -0.25) is 19.2 Å². The van der Waals surface area contributed by atoms with Crippen molar-refractivity contribution in [2.45, 2.75) is 122 Å². The van der Waals surface area contributed by atoms with Crippen LogP contribution in [0.3, 0.4) is 0 Å². The van der Waals surface area contributed by atoms with Gasteiger partial charge in [0.15, 0.2) is 0 Å². The van der Waals surface area contributed by atoms with Gasteiger partial charge in [-0.25, -0.2) is 9.78 Å². The van der Waals surface area contributed by atoms with E-state index in [1.807, 2.05) is 26.2 Å². The Labute approximate surface area is 264 Å². The smallest absolute Gasteiger partial charge is 0.315 e. The van der Waals surface area contributed by atoms with E-state index in [-0.39, 0.29) is 23.7 Å². The second-order valence-corrected chi connectivity index (χ2v) is 15.5. The van der Waals surface area contributed by atoms with Crippen LogP contribution in [0.5, 0.6) is 0 Å². The van der Waals surface area contributed by atoms with Gasteiger partial charge in [0.1, 0.15) is 12.1 Å². The predicted octanol–water partition coefficient (Wildman–Crippen LogP) is 3.31. The molecular weight excluding hydrogens is 580 g/mol. The molecular formula is C32H50N6O5S. The van der Waals surface area contributed by atoms with Gasteiger partial charge in [0.05, 0.1) is 11.0 Å². The normalized spacial score (nSPS) is 23.1. The summed E-state index contributed by atoms with van der Waals surface area (Å²) < 4.78 is 0. The number of hydrogen-bond donors (Lipinski definition) is 4. The maximum atomic E-state index is 14.3. The number of hydrogen-bond acceptors (Lipinski definition) is 7. The van der Waals surface area contributed by atoms with Crippen molar-refractivity contribution in [3.05, 3.63) is 16.6 Å². The third-order valence-corrected chi connectivity index (χ3v) is 10.3. The van der Waals surface area contributed by atoms with Crippen molar-refractivity contribution < 1.29 is 24.0 Å². The van der Waals surface area contributed by atoms with E-state index in [0.29, 0.717) is 25.8 Å². The van der Waals surface area contributed by atoms with Crippen molar-refractivity contribution in [2.24, 2.45) is 28.9 Å². The molecule has 3 aliphatic rings. The topological polar surface area (TPSA) is 164 Å². The third kappa shape index (κ3) is 8.57. The lowest BCUT2D eigenvalue weighted by Crippen LogP contribution is -2.62. The van der Waals surface area contributed by atoms with E-state index in [1.165, 1.54) is 0 Å². The minimum atomic E-state index is -1.08. The number of nitrogens with two attached hydrogens (primary N) is 1. The minimum absolute atomic E-state index is 0.0571. The maximum absolute atomic E-state index is 14.3. The van der Waals surface area contributed by atoms with Crippen LogP contribution in [-0.2, 0) is 25.6 Å². The second-order valence-electron chi connectivity index (χ2n) is 14.6. The number of nitrogens with one attached hydrogen (secondary N) is 3. The first kappa shape index (κ1) is 33.9. The van der Waals surface area contributed by atoms with E-state index >= 15 is 0 Å². The number of rotatable bonds is 12. The highest BCUT2D eigenvalue weighted by atomic mass is 32.1. The summed E-state index contributed by atoms with van der Waals surface area (Å²) in [5.74, 6) is -2.17. The van der Waals surface area contributed by atoms with Crippen molar-refractivity contribution in [3.63, 3.8) is 0 Å². The highest BCUT2D eigenvalue weighted by molar-refractivity contribution is 7.09. The molecule has 0 radical (unpaired) electrons. The van der Waals surface area contributed by atoms with Gasteiger partial charge in [-0.05, 0) is 48.9 Å². The van der Waals surface area contributed by atoms with Crippen LogP contribution < -0.4 is 21.7 Å². The Balaban J connectivity index is 1.52. The number of nitrogens with zero attached hydrogens (tertiary/aromatic N) is 2. The van der Waals surface area contributed by atoms with Gasteiger partial charge in [0.2, 0.25) is 17.6 Å².